The lowest BCUT2D eigenvalue weighted by atomic mass is 10.0. The number of aromatic amines is 2. The van der Waals surface area contributed by atoms with E-state index in [-0.39, 0.29) is 30.7 Å². The molecule has 0 radical (unpaired) electrons. The lowest BCUT2D eigenvalue weighted by Crippen LogP contribution is -2.35. The van der Waals surface area contributed by atoms with Gasteiger partial charge in [0.15, 0.2) is 0 Å². The largest absolute Gasteiger partial charge is 0.364 e. The normalized spacial score (nSPS) is 12.9. The summed E-state index contributed by atoms with van der Waals surface area (Å²) >= 11 is 0. The van der Waals surface area contributed by atoms with Crippen LogP contribution in [0.3, 0.4) is 0 Å². The van der Waals surface area contributed by atoms with Gasteiger partial charge in [0.05, 0.1) is 18.6 Å². The van der Waals surface area contributed by atoms with Gasteiger partial charge < -0.3 is 19.8 Å². The molecule has 2 aromatic heterocycles. The van der Waals surface area contributed by atoms with Crippen LogP contribution in [-0.2, 0) is 13.1 Å². The number of aromatic nitrogens is 3. The number of hydrogen-bond acceptors (Lipinski definition) is 3. The quantitative estimate of drug-likeness (QED) is 0.303. The van der Waals surface area contributed by atoms with Gasteiger partial charge in [0, 0.05) is 42.4 Å². The molecule has 0 aliphatic carbocycles. The molecule has 36 heavy (non-hydrogen) atoms. The van der Waals surface area contributed by atoms with Crippen molar-refractivity contribution in [3.63, 3.8) is 0 Å². The summed E-state index contributed by atoms with van der Waals surface area (Å²) in [5.74, 6) is 0.0238. The van der Waals surface area contributed by atoms with Crippen LogP contribution in [0.2, 0.25) is 0 Å². The molecule has 5 aromatic rings. The topological polar surface area (TPSA) is 68.0 Å². The molecule has 0 unspecified atom stereocenters. The number of carbonyl (C=O) groups is 1. The standard InChI is InChI=1S/C28H25N5O.2ClH/c34-28(26-15-22-8-4-5-9-25(22)31-26)33-13-12-32(18-24-16-29-19-30-24)27-11-10-21(14-23(27)17-33)20-6-2-1-3-7-20;;/h1-11,14-16,19,31H,12-13,17-18H2,(H,29,30);2*1H. The van der Waals surface area contributed by atoms with E-state index in [1.54, 1.807) is 6.33 Å². The van der Waals surface area contributed by atoms with E-state index < -0.39 is 0 Å². The zero-order valence-corrected chi connectivity index (χ0v) is 21.2. The summed E-state index contributed by atoms with van der Waals surface area (Å²) in [5.41, 5.74) is 7.28. The Morgan fingerprint density at radius 3 is 2.47 bits per heavy atom. The predicted octanol–water partition coefficient (Wildman–Crippen LogP) is 6.06. The van der Waals surface area contributed by atoms with Crippen LogP contribution in [-0.4, -0.2) is 38.8 Å². The fourth-order valence-electron chi connectivity index (χ4n) is 4.75. The second-order valence-corrected chi connectivity index (χ2v) is 8.70. The predicted molar refractivity (Wildman–Crippen MR) is 149 cm³/mol. The number of nitrogens with zero attached hydrogens (tertiary/aromatic N) is 3. The van der Waals surface area contributed by atoms with Gasteiger partial charge in [-0.25, -0.2) is 4.98 Å². The van der Waals surface area contributed by atoms with Crippen LogP contribution in [0.5, 0.6) is 0 Å². The van der Waals surface area contributed by atoms with Gasteiger partial charge in [0.2, 0.25) is 0 Å². The van der Waals surface area contributed by atoms with E-state index >= 15 is 0 Å². The molecule has 0 saturated heterocycles. The molecule has 2 N–H and O–H groups in total. The van der Waals surface area contributed by atoms with Gasteiger partial charge >= 0.3 is 0 Å². The monoisotopic (exact) mass is 519 g/mol. The molecule has 6 nitrogen and oxygen atoms in total. The zero-order chi connectivity index (χ0) is 22.9. The Morgan fingerprint density at radius 2 is 1.69 bits per heavy atom. The minimum atomic E-state index is 0. The summed E-state index contributed by atoms with van der Waals surface area (Å²) in [4.78, 5) is 28.5. The molecule has 8 heteroatoms. The summed E-state index contributed by atoms with van der Waals surface area (Å²) in [6, 6.07) is 26.9. The molecule has 0 bridgehead atoms. The minimum absolute atomic E-state index is 0. The molecule has 3 heterocycles. The van der Waals surface area contributed by atoms with E-state index in [0.717, 1.165) is 40.0 Å². The fraction of sp³-hybridized carbons (Fsp3) is 0.143. The van der Waals surface area contributed by atoms with Gasteiger partial charge in [-0.15, -0.1) is 24.8 Å². The zero-order valence-electron chi connectivity index (χ0n) is 19.6. The number of rotatable bonds is 4. The molecule has 0 saturated carbocycles. The summed E-state index contributed by atoms with van der Waals surface area (Å²) in [5, 5.41) is 1.05. The highest BCUT2D eigenvalue weighted by Crippen LogP contribution is 2.32. The van der Waals surface area contributed by atoms with Crippen LogP contribution >= 0.6 is 24.8 Å². The van der Waals surface area contributed by atoms with Gasteiger partial charge in [-0.1, -0.05) is 54.6 Å². The first kappa shape index (κ1) is 25.4. The second kappa shape index (κ2) is 10.9. The van der Waals surface area contributed by atoms with Crippen molar-refractivity contribution >= 4 is 47.3 Å². The molecule has 1 amide bonds. The van der Waals surface area contributed by atoms with E-state index in [1.807, 2.05) is 47.5 Å². The molecule has 1 aliphatic rings. The Morgan fingerprint density at radius 1 is 0.889 bits per heavy atom. The van der Waals surface area contributed by atoms with Crippen LogP contribution in [0.4, 0.5) is 5.69 Å². The number of imidazole rings is 1. The Bertz CT molecular complexity index is 1420. The van der Waals surface area contributed by atoms with E-state index in [4.69, 9.17) is 0 Å². The highest BCUT2D eigenvalue weighted by atomic mass is 35.5. The summed E-state index contributed by atoms with van der Waals surface area (Å²) in [6.07, 6.45) is 3.56. The number of halogens is 2. The number of carbonyl (C=O) groups excluding carboxylic acids is 1. The number of hydrogen-bond donors (Lipinski definition) is 2. The molecule has 0 spiro atoms. The number of anilines is 1. The fourth-order valence-corrected chi connectivity index (χ4v) is 4.75. The Kier molecular flexibility index (Phi) is 7.67. The van der Waals surface area contributed by atoms with E-state index in [2.05, 4.69) is 62.3 Å². The van der Waals surface area contributed by atoms with Gasteiger partial charge in [-0.05, 0) is 41.0 Å². The average Bonchev–Trinajstić information content (AvgIpc) is 3.52. The van der Waals surface area contributed by atoms with Crippen molar-refractivity contribution in [1.29, 1.82) is 0 Å². The molecular weight excluding hydrogens is 493 g/mol. The van der Waals surface area contributed by atoms with Crippen LogP contribution in [0, 0.1) is 0 Å². The van der Waals surface area contributed by atoms with E-state index in [9.17, 15) is 4.79 Å². The van der Waals surface area contributed by atoms with Crippen molar-refractivity contribution in [2.45, 2.75) is 13.1 Å². The molecule has 3 aromatic carbocycles. The smallest absolute Gasteiger partial charge is 0.270 e. The van der Waals surface area contributed by atoms with Gasteiger partial charge in [0.25, 0.3) is 5.91 Å². The molecule has 0 fully saturated rings. The SMILES string of the molecule is Cl.Cl.O=C(c1cc2ccccc2[nH]1)N1CCN(Cc2cnc[nH]2)c2ccc(-c3ccccc3)cc2C1. The number of fused-ring (bicyclic) bond motifs is 2. The molecule has 1 aliphatic heterocycles. The maximum absolute atomic E-state index is 13.6. The van der Waals surface area contributed by atoms with Crippen molar-refractivity contribution in [2.24, 2.45) is 0 Å². The first-order chi connectivity index (χ1) is 16.7. The molecular formula is C28H27Cl2N5O. The maximum Gasteiger partial charge on any atom is 0.270 e. The summed E-state index contributed by atoms with van der Waals surface area (Å²) in [7, 11) is 0. The third kappa shape index (κ3) is 4.96. The van der Waals surface area contributed by atoms with Crippen molar-refractivity contribution in [2.75, 3.05) is 18.0 Å². The number of nitrogens with one attached hydrogen (secondary N) is 2. The van der Waals surface area contributed by atoms with E-state index in [1.165, 1.54) is 5.56 Å². The lowest BCUT2D eigenvalue weighted by molar-refractivity contribution is 0.0746. The number of para-hydroxylation sites is 1. The second-order valence-electron chi connectivity index (χ2n) is 8.70. The highest BCUT2D eigenvalue weighted by Gasteiger charge is 2.25. The highest BCUT2D eigenvalue weighted by molar-refractivity contribution is 5.98. The van der Waals surface area contributed by atoms with Crippen LogP contribution < -0.4 is 4.90 Å². The minimum Gasteiger partial charge on any atom is -0.364 e. The first-order valence-electron chi connectivity index (χ1n) is 11.5. The van der Waals surface area contributed by atoms with Crippen molar-refractivity contribution in [3.05, 3.63) is 108 Å². The molecule has 6 rings (SSSR count). The third-order valence-corrected chi connectivity index (χ3v) is 6.49. The lowest BCUT2D eigenvalue weighted by Gasteiger charge is -2.24. The van der Waals surface area contributed by atoms with Crippen LogP contribution in [0.1, 0.15) is 21.7 Å². The van der Waals surface area contributed by atoms with Crippen molar-refractivity contribution in [3.8, 4) is 11.1 Å². The number of benzene rings is 3. The van der Waals surface area contributed by atoms with Crippen LogP contribution in [0.15, 0.2) is 91.4 Å². The third-order valence-electron chi connectivity index (χ3n) is 6.49. The summed E-state index contributed by atoms with van der Waals surface area (Å²) in [6.45, 7) is 2.65. The number of H-pyrrole nitrogens is 2. The first-order valence-corrected chi connectivity index (χ1v) is 11.5. The molecule has 0 atom stereocenters. The van der Waals surface area contributed by atoms with Crippen LogP contribution in [0.25, 0.3) is 22.0 Å². The van der Waals surface area contributed by atoms with Crippen molar-refractivity contribution < 1.29 is 4.79 Å². The maximum atomic E-state index is 13.6. The Labute approximate surface area is 222 Å². The molecule has 184 valence electrons. The van der Waals surface area contributed by atoms with Gasteiger partial charge in [-0.2, -0.15) is 0 Å². The average molecular weight is 520 g/mol. The van der Waals surface area contributed by atoms with Gasteiger partial charge in [0.1, 0.15) is 5.69 Å². The van der Waals surface area contributed by atoms with E-state index in [0.29, 0.717) is 25.3 Å². The Hall–Kier alpha value is -3.74. The number of amides is 1. The summed E-state index contributed by atoms with van der Waals surface area (Å²) < 4.78 is 0. The van der Waals surface area contributed by atoms with Crippen molar-refractivity contribution in [1.82, 2.24) is 19.9 Å². The van der Waals surface area contributed by atoms with Gasteiger partial charge in [-0.3, -0.25) is 4.79 Å². The Balaban J connectivity index is 0.00000152.